The van der Waals surface area contributed by atoms with Gasteiger partial charge in [-0.1, -0.05) is 96.2 Å². The van der Waals surface area contributed by atoms with Crippen molar-refractivity contribution in [3.05, 3.63) is 167 Å². The van der Waals surface area contributed by atoms with Crippen LogP contribution >= 0.6 is 0 Å². The molecule has 4 atom stereocenters. The summed E-state index contributed by atoms with van der Waals surface area (Å²) in [6.07, 6.45) is -2.00. The predicted molar refractivity (Wildman–Crippen MR) is 186 cm³/mol. The van der Waals surface area contributed by atoms with Gasteiger partial charge in [-0.05, 0) is 71.1 Å². The van der Waals surface area contributed by atoms with Crippen molar-refractivity contribution in [2.24, 2.45) is 0 Å². The van der Waals surface area contributed by atoms with Crippen molar-refractivity contribution in [3.63, 3.8) is 0 Å². The van der Waals surface area contributed by atoms with Gasteiger partial charge < -0.3 is 18.9 Å². The highest BCUT2D eigenvalue weighted by Crippen LogP contribution is 2.39. The minimum Gasteiger partial charge on any atom is -0.459 e. The topological polar surface area (TPSA) is 119 Å². The van der Waals surface area contributed by atoms with Gasteiger partial charge in [0.1, 0.15) is 18.4 Å². The van der Waals surface area contributed by atoms with E-state index in [1.165, 1.54) is 26.9 Å². The maximum Gasteiger partial charge on any atom is 0.338 e. The van der Waals surface area contributed by atoms with Crippen molar-refractivity contribution in [3.8, 4) is 22.4 Å². The molecule has 10 heteroatoms. The molecule has 1 saturated heterocycles. The molecule has 1 aromatic heterocycles. The zero-order chi connectivity index (χ0) is 34.7. The lowest BCUT2D eigenvalue weighted by atomic mass is 10.0. The Kier molecular flexibility index (Phi) is 8.65. The van der Waals surface area contributed by atoms with Gasteiger partial charge in [-0.15, -0.1) is 5.10 Å². The van der Waals surface area contributed by atoms with Crippen molar-refractivity contribution in [2.75, 3.05) is 6.61 Å². The standard InChI is InChI=1S/C41H31N3O7/c45-39(26-12-4-1-5-13-26)48-25-35-36(50-40(46)27-14-6-2-7-15-27)37(51-41(47)28-16-8-3-9-17-28)38(49-35)44-24-34(42-43-44)30-20-21-33-31(23-30)22-29-18-10-11-19-32(29)33/h1-21,23-24,35-38H,22,25H2/t35-,36-,37-,38-/m1/s1. The van der Waals surface area contributed by atoms with Gasteiger partial charge in [-0.25, -0.2) is 19.1 Å². The number of carbonyl (C=O) groups excluding carboxylic acids is 3. The second-order valence-corrected chi connectivity index (χ2v) is 12.3. The third-order valence-corrected chi connectivity index (χ3v) is 9.04. The molecule has 2 aliphatic rings. The van der Waals surface area contributed by atoms with Crippen LogP contribution in [0.5, 0.6) is 0 Å². The molecule has 1 aliphatic carbocycles. The monoisotopic (exact) mass is 677 g/mol. The molecule has 252 valence electrons. The number of esters is 3. The average molecular weight is 678 g/mol. The van der Waals surface area contributed by atoms with E-state index in [0.717, 1.165) is 12.0 Å². The lowest BCUT2D eigenvalue weighted by molar-refractivity contribution is -0.0678. The molecular weight excluding hydrogens is 646 g/mol. The molecule has 5 aromatic carbocycles. The van der Waals surface area contributed by atoms with Crippen molar-refractivity contribution in [1.29, 1.82) is 0 Å². The van der Waals surface area contributed by atoms with E-state index in [0.29, 0.717) is 16.8 Å². The van der Waals surface area contributed by atoms with Gasteiger partial charge in [-0.3, -0.25) is 0 Å². The lowest BCUT2D eigenvalue weighted by Crippen LogP contribution is -2.41. The number of ether oxygens (including phenoxy) is 4. The summed E-state index contributed by atoms with van der Waals surface area (Å²) < 4.78 is 25.6. The normalized spacial score (nSPS) is 18.7. The summed E-state index contributed by atoms with van der Waals surface area (Å²) in [4.78, 5) is 39.9. The number of hydrogen-bond acceptors (Lipinski definition) is 9. The minimum absolute atomic E-state index is 0.288. The summed E-state index contributed by atoms with van der Waals surface area (Å²) in [6, 6.07) is 39.9. The van der Waals surface area contributed by atoms with Gasteiger partial charge in [0.25, 0.3) is 0 Å². The van der Waals surface area contributed by atoms with E-state index in [-0.39, 0.29) is 12.2 Å². The molecule has 0 spiro atoms. The van der Waals surface area contributed by atoms with Crippen LogP contribution in [0.1, 0.15) is 48.4 Å². The summed E-state index contributed by atoms with van der Waals surface area (Å²) in [7, 11) is 0. The molecule has 1 aliphatic heterocycles. The number of rotatable bonds is 9. The fourth-order valence-electron chi connectivity index (χ4n) is 6.51. The van der Waals surface area contributed by atoms with Crippen LogP contribution in [-0.4, -0.2) is 57.8 Å². The van der Waals surface area contributed by atoms with Crippen LogP contribution < -0.4 is 0 Å². The molecule has 51 heavy (non-hydrogen) atoms. The molecule has 8 rings (SSSR count). The number of benzene rings is 5. The third kappa shape index (κ3) is 6.52. The van der Waals surface area contributed by atoms with Gasteiger partial charge in [0.2, 0.25) is 0 Å². The Hall–Kier alpha value is -6.39. The zero-order valence-corrected chi connectivity index (χ0v) is 27.2. The summed E-state index contributed by atoms with van der Waals surface area (Å²) in [5, 5.41) is 8.84. The van der Waals surface area contributed by atoms with Gasteiger partial charge in [0.15, 0.2) is 18.4 Å². The Bertz CT molecular complexity index is 2210. The van der Waals surface area contributed by atoms with Crippen molar-refractivity contribution < 1.29 is 33.3 Å². The van der Waals surface area contributed by atoms with E-state index in [1.54, 1.807) is 97.2 Å². The van der Waals surface area contributed by atoms with Crippen molar-refractivity contribution in [2.45, 2.75) is 31.0 Å². The molecule has 1 fully saturated rings. The van der Waals surface area contributed by atoms with Gasteiger partial charge >= 0.3 is 17.9 Å². The molecule has 0 radical (unpaired) electrons. The maximum atomic E-state index is 13.5. The Morgan fingerprint density at radius 2 is 1.22 bits per heavy atom. The van der Waals surface area contributed by atoms with Gasteiger partial charge in [0, 0.05) is 5.56 Å². The number of aromatic nitrogens is 3. The SMILES string of the molecule is O=C(OC[C@H]1O[C@@H](n2cc(-c3ccc4c(c3)Cc3ccccc3-4)nn2)[C@H](OC(=O)c2ccccc2)[C@@H]1OC(=O)c1ccccc1)c1ccccc1. The zero-order valence-electron chi connectivity index (χ0n) is 27.2. The maximum absolute atomic E-state index is 13.5. The predicted octanol–water partition coefficient (Wildman–Crippen LogP) is 6.72. The van der Waals surface area contributed by atoms with E-state index in [2.05, 4.69) is 34.6 Å². The molecule has 0 unspecified atom stereocenters. The minimum atomic E-state index is -1.20. The van der Waals surface area contributed by atoms with E-state index in [4.69, 9.17) is 18.9 Å². The van der Waals surface area contributed by atoms with Crippen LogP contribution in [0.25, 0.3) is 22.4 Å². The second-order valence-electron chi connectivity index (χ2n) is 12.3. The van der Waals surface area contributed by atoms with Gasteiger partial charge in [0.05, 0.1) is 22.9 Å². The van der Waals surface area contributed by atoms with E-state index in [9.17, 15) is 14.4 Å². The molecule has 0 N–H and O–H groups in total. The fourth-order valence-corrected chi connectivity index (χ4v) is 6.51. The third-order valence-electron chi connectivity index (χ3n) is 9.04. The van der Waals surface area contributed by atoms with Crippen LogP contribution in [0.3, 0.4) is 0 Å². The molecule has 10 nitrogen and oxygen atoms in total. The van der Waals surface area contributed by atoms with Crippen LogP contribution in [0.4, 0.5) is 0 Å². The molecule has 0 bridgehead atoms. The van der Waals surface area contributed by atoms with E-state index >= 15 is 0 Å². The molecule has 2 heterocycles. The van der Waals surface area contributed by atoms with E-state index < -0.39 is 42.4 Å². The summed E-state index contributed by atoms with van der Waals surface area (Å²) >= 11 is 0. The number of hydrogen-bond donors (Lipinski definition) is 0. The Labute approximate surface area is 293 Å². The first-order valence-electron chi connectivity index (χ1n) is 16.5. The molecule has 0 saturated carbocycles. The van der Waals surface area contributed by atoms with Crippen molar-refractivity contribution in [1.82, 2.24) is 15.0 Å². The number of nitrogens with zero attached hydrogens (tertiary/aromatic N) is 3. The first-order chi connectivity index (χ1) is 25.0. The molecule has 0 amide bonds. The van der Waals surface area contributed by atoms with Crippen LogP contribution in [0.2, 0.25) is 0 Å². The second kappa shape index (κ2) is 13.9. The smallest absolute Gasteiger partial charge is 0.338 e. The summed E-state index contributed by atoms with van der Waals surface area (Å²) in [5.41, 5.74) is 7.21. The highest BCUT2D eigenvalue weighted by molar-refractivity contribution is 5.91. The number of carbonyl (C=O) groups is 3. The summed E-state index contributed by atoms with van der Waals surface area (Å²) in [6.45, 7) is -0.302. The van der Waals surface area contributed by atoms with Crippen molar-refractivity contribution >= 4 is 17.9 Å². The number of fused-ring (bicyclic) bond motifs is 3. The molecule has 6 aromatic rings. The quantitative estimate of drug-likeness (QED) is 0.121. The van der Waals surface area contributed by atoms with E-state index in [1.807, 2.05) is 18.2 Å². The lowest BCUT2D eigenvalue weighted by Gasteiger charge is -2.24. The fraction of sp³-hybridized carbons (Fsp3) is 0.146. The van der Waals surface area contributed by atoms with Crippen LogP contribution in [-0.2, 0) is 25.4 Å². The highest BCUT2D eigenvalue weighted by atomic mass is 16.7. The largest absolute Gasteiger partial charge is 0.459 e. The Balaban J connectivity index is 1.12. The average Bonchev–Trinajstić information content (AvgIpc) is 3.90. The van der Waals surface area contributed by atoms with Crippen LogP contribution in [0, 0.1) is 0 Å². The Morgan fingerprint density at radius 3 is 1.88 bits per heavy atom. The molecular formula is C41H31N3O7. The Morgan fingerprint density at radius 1 is 0.647 bits per heavy atom. The first-order valence-corrected chi connectivity index (χ1v) is 16.5. The van der Waals surface area contributed by atoms with Gasteiger partial charge in [-0.2, -0.15) is 0 Å². The van der Waals surface area contributed by atoms with Crippen LogP contribution in [0.15, 0.2) is 140 Å². The highest BCUT2D eigenvalue weighted by Gasteiger charge is 2.52. The first kappa shape index (κ1) is 31.9. The summed E-state index contributed by atoms with van der Waals surface area (Å²) in [5.74, 6) is -1.91.